The number of fused-ring (bicyclic) bond motifs is 1. The molecule has 3 heterocycles. The number of amides is 2. The van der Waals surface area contributed by atoms with Gasteiger partial charge in [-0.1, -0.05) is 0 Å². The number of nitriles is 1. The second-order valence-corrected chi connectivity index (χ2v) is 7.75. The maximum absolute atomic E-state index is 12.4. The van der Waals surface area contributed by atoms with Gasteiger partial charge >= 0.3 is 0 Å². The highest BCUT2D eigenvalue weighted by molar-refractivity contribution is 6.04. The van der Waals surface area contributed by atoms with Crippen LogP contribution in [0.1, 0.15) is 16.8 Å². The number of carbonyl (C=O) groups is 2. The first-order valence-electron chi connectivity index (χ1n) is 10.4. The predicted octanol–water partition coefficient (Wildman–Crippen LogP) is 1.15. The van der Waals surface area contributed by atoms with Crippen LogP contribution in [0.5, 0.6) is 11.5 Å². The van der Waals surface area contributed by atoms with E-state index in [0.717, 1.165) is 0 Å². The molecule has 0 unspecified atom stereocenters. The molecule has 12 nitrogen and oxygen atoms in total. The van der Waals surface area contributed by atoms with Crippen molar-refractivity contribution in [3.8, 4) is 17.6 Å². The first kappa shape index (κ1) is 22.7. The SMILES string of the molecule is COc1cc(Nc2nc(N(C)C3CN(C(=O)CC#N)C3)n3ccnc3c2C(N)=O)cc(OC)c1. The van der Waals surface area contributed by atoms with Crippen LogP contribution in [0.15, 0.2) is 30.6 Å². The van der Waals surface area contributed by atoms with E-state index in [1.54, 1.807) is 54.1 Å². The molecule has 0 radical (unpaired) electrons. The average Bonchev–Trinajstić information content (AvgIpc) is 3.26. The molecule has 176 valence electrons. The Bertz CT molecular complexity index is 1270. The summed E-state index contributed by atoms with van der Waals surface area (Å²) in [5, 5.41) is 11.9. The van der Waals surface area contributed by atoms with Crippen molar-refractivity contribution in [2.75, 3.05) is 44.6 Å². The maximum Gasteiger partial charge on any atom is 0.256 e. The Morgan fingerprint density at radius 3 is 2.53 bits per heavy atom. The van der Waals surface area contributed by atoms with Gasteiger partial charge in [-0.25, -0.2) is 4.98 Å². The fraction of sp³-hybridized carbons (Fsp3) is 0.318. The number of ether oxygens (including phenoxy) is 2. The topological polar surface area (TPSA) is 151 Å². The molecule has 1 aliphatic rings. The minimum atomic E-state index is -0.688. The van der Waals surface area contributed by atoms with Crippen molar-refractivity contribution in [1.82, 2.24) is 19.3 Å². The molecule has 0 spiro atoms. The average molecular weight is 464 g/mol. The van der Waals surface area contributed by atoms with Crippen molar-refractivity contribution in [3.05, 3.63) is 36.2 Å². The van der Waals surface area contributed by atoms with Crippen LogP contribution in [-0.2, 0) is 4.79 Å². The molecule has 1 aliphatic heterocycles. The summed E-state index contributed by atoms with van der Waals surface area (Å²) >= 11 is 0. The summed E-state index contributed by atoms with van der Waals surface area (Å²) in [6.45, 7) is 0.921. The van der Waals surface area contributed by atoms with E-state index < -0.39 is 5.91 Å². The lowest BCUT2D eigenvalue weighted by atomic mass is 10.1. The smallest absolute Gasteiger partial charge is 0.256 e. The van der Waals surface area contributed by atoms with Crippen LogP contribution < -0.4 is 25.4 Å². The van der Waals surface area contributed by atoms with Crippen LogP contribution in [0.2, 0.25) is 0 Å². The zero-order valence-corrected chi connectivity index (χ0v) is 19.0. The van der Waals surface area contributed by atoms with Gasteiger partial charge in [0.05, 0.1) is 26.3 Å². The number of nitrogens with two attached hydrogens (primary N) is 1. The van der Waals surface area contributed by atoms with Gasteiger partial charge in [0, 0.05) is 56.4 Å². The van der Waals surface area contributed by atoms with Gasteiger partial charge in [-0.05, 0) is 0 Å². The summed E-state index contributed by atoms with van der Waals surface area (Å²) in [7, 11) is 4.93. The van der Waals surface area contributed by atoms with E-state index >= 15 is 0 Å². The quantitative estimate of drug-likeness (QED) is 0.500. The number of hydrogen-bond donors (Lipinski definition) is 2. The molecule has 2 amide bonds. The largest absolute Gasteiger partial charge is 0.497 e. The first-order chi connectivity index (χ1) is 16.4. The van der Waals surface area contributed by atoms with Gasteiger partial charge in [0.2, 0.25) is 11.9 Å². The molecule has 0 atom stereocenters. The summed E-state index contributed by atoms with van der Waals surface area (Å²) in [5.41, 5.74) is 6.75. The molecule has 3 aromatic rings. The fourth-order valence-corrected chi connectivity index (χ4v) is 3.79. The van der Waals surface area contributed by atoms with Crippen LogP contribution in [0.25, 0.3) is 5.65 Å². The third-order valence-electron chi connectivity index (χ3n) is 5.70. The van der Waals surface area contributed by atoms with Crippen LogP contribution in [0, 0.1) is 11.3 Å². The Morgan fingerprint density at radius 2 is 1.94 bits per heavy atom. The van der Waals surface area contributed by atoms with Crippen molar-refractivity contribution in [2.24, 2.45) is 5.73 Å². The minimum absolute atomic E-state index is 0.0232. The molecule has 1 aromatic carbocycles. The lowest BCUT2D eigenvalue weighted by molar-refractivity contribution is -0.134. The number of benzene rings is 1. The van der Waals surface area contributed by atoms with Gasteiger partial charge in [0.25, 0.3) is 5.91 Å². The van der Waals surface area contributed by atoms with Gasteiger partial charge in [0.15, 0.2) is 11.5 Å². The molecular formula is C22H24N8O4. The van der Waals surface area contributed by atoms with E-state index in [-0.39, 0.29) is 29.8 Å². The molecule has 0 bridgehead atoms. The third-order valence-corrected chi connectivity index (χ3v) is 5.70. The zero-order chi connectivity index (χ0) is 24.4. The lowest BCUT2D eigenvalue weighted by Gasteiger charge is -2.44. The third kappa shape index (κ3) is 4.11. The molecule has 12 heteroatoms. The molecule has 1 saturated heterocycles. The number of rotatable bonds is 8. The first-order valence-corrected chi connectivity index (χ1v) is 10.4. The molecule has 0 saturated carbocycles. The second-order valence-electron chi connectivity index (χ2n) is 7.75. The van der Waals surface area contributed by atoms with Crippen molar-refractivity contribution in [1.29, 1.82) is 5.26 Å². The van der Waals surface area contributed by atoms with E-state index in [0.29, 0.717) is 41.9 Å². The summed E-state index contributed by atoms with van der Waals surface area (Å²) in [6, 6.07) is 7.05. The van der Waals surface area contributed by atoms with Gasteiger partial charge in [-0.15, -0.1) is 0 Å². The number of methoxy groups -OCH3 is 2. The van der Waals surface area contributed by atoms with Crippen molar-refractivity contribution < 1.29 is 19.1 Å². The van der Waals surface area contributed by atoms with Crippen LogP contribution >= 0.6 is 0 Å². The van der Waals surface area contributed by atoms with Crippen LogP contribution in [0.4, 0.5) is 17.5 Å². The van der Waals surface area contributed by atoms with E-state index in [1.165, 1.54) is 0 Å². The normalized spacial score (nSPS) is 13.2. The number of imidazole rings is 1. The minimum Gasteiger partial charge on any atom is -0.497 e. The molecule has 4 rings (SSSR count). The second kappa shape index (κ2) is 9.14. The molecule has 1 fully saturated rings. The molecular weight excluding hydrogens is 440 g/mol. The van der Waals surface area contributed by atoms with E-state index in [4.69, 9.17) is 25.5 Å². The maximum atomic E-state index is 12.4. The van der Waals surface area contributed by atoms with Gasteiger partial charge in [0.1, 0.15) is 23.5 Å². The molecule has 34 heavy (non-hydrogen) atoms. The number of likely N-dealkylation sites (tertiary alicyclic amines) is 1. The zero-order valence-electron chi connectivity index (χ0n) is 19.0. The summed E-state index contributed by atoms with van der Waals surface area (Å²) in [4.78, 5) is 36.9. The summed E-state index contributed by atoms with van der Waals surface area (Å²) in [5.74, 6) is 0.947. The number of primary amides is 1. The van der Waals surface area contributed by atoms with Gasteiger partial charge in [-0.3, -0.25) is 14.0 Å². The highest BCUT2D eigenvalue weighted by Gasteiger charge is 2.35. The van der Waals surface area contributed by atoms with Gasteiger partial charge < -0.3 is 30.3 Å². The Morgan fingerprint density at radius 1 is 1.26 bits per heavy atom. The van der Waals surface area contributed by atoms with Crippen molar-refractivity contribution in [2.45, 2.75) is 12.5 Å². The Balaban J connectivity index is 1.72. The predicted molar refractivity (Wildman–Crippen MR) is 123 cm³/mol. The number of aromatic nitrogens is 3. The van der Waals surface area contributed by atoms with Crippen molar-refractivity contribution >= 4 is 34.9 Å². The Kier molecular flexibility index (Phi) is 6.09. The van der Waals surface area contributed by atoms with E-state index in [9.17, 15) is 9.59 Å². The molecule has 2 aromatic heterocycles. The number of carbonyl (C=O) groups excluding carboxylic acids is 2. The van der Waals surface area contributed by atoms with Crippen molar-refractivity contribution in [3.63, 3.8) is 0 Å². The molecule has 0 aliphatic carbocycles. The standard InChI is InChI=1S/C22H24N8O4/c1-28(14-11-29(12-14)17(31)4-5-23)22-27-20(18(19(24)32)21-25-6-7-30(21)22)26-13-8-15(33-2)10-16(9-13)34-3/h6-10,14,26H,4,11-12H2,1-3H3,(H2,24,32). The number of hydrogen-bond acceptors (Lipinski definition) is 9. The Hall–Kier alpha value is -4.53. The number of anilines is 3. The number of nitrogens with zero attached hydrogens (tertiary/aromatic N) is 6. The van der Waals surface area contributed by atoms with Crippen LogP contribution in [0.3, 0.4) is 0 Å². The lowest BCUT2D eigenvalue weighted by Crippen LogP contribution is -2.60. The molecule has 3 N–H and O–H groups in total. The highest BCUT2D eigenvalue weighted by Crippen LogP contribution is 2.31. The van der Waals surface area contributed by atoms with Gasteiger partial charge in [-0.2, -0.15) is 10.2 Å². The fourth-order valence-electron chi connectivity index (χ4n) is 3.79. The van der Waals surface area contributed by atoms with Crippen LogP contribution in [-0.4, -0.2) is 71.5 Å². The number of nitrogens with one attached hydrogen (secondary N) is 1. The summed E-state index contributed by atoms with van der Waals surface area (Å²) < 4.78 is 12.3. The number of likely N-dealkylation sites (N-methyl/N-ethyl adjacent to an activating group) is 1. The monoisotopic (exact) mass is 464 g/mol. The Labute approximate surface area is 195 Å². The van der Waals surface area contributed by atoms with E-state index in [1.807, 2.05) is 18.0 Å². The summed E-state index contributed by atoms with van der Waals surface area (Å²) in [6.07, 6.45) is 3.10. The highest BCUT2D eigenvalue weighted by atomic mass is 16.5. The van der Waals surface area contributed by atoms with E-state index in [2.05, 4.69) is 10.3 Å².